The van der Waals surface area contributed by atoms with E-state index in [1.165, 1.54) is 5.56 Å². The van der Waals surface area contributed by atoms with Gasteiger partial charge in [-0.3, -0.25) is 0 Å². The standard InChI is InChI=1S/C11H11BrF2O.CH4O/c12-9-3-1-2-7(4-9)8-5-10(6-8)15-11(13)14;1-2/h1-4,8,10-11H,5-6H2;2H,1H3. The summed E-state index contributed by atoms with van der Waals surface area (Å²) in [5, 5.41) is 7.00. The van der Waals surface area contributed by atoms with E-state index in [2.05, 4.69) is 20.7 Å². The third kappa shape index (κ3) is 4.33. The van der Waals surface area contributed by atoms with Crippen LogP contribution in [0.15, 0.2) is 28.7 Å². The van der Waals surface area contributed by atoms with E-state index in [4.69, 9.17) is 5.11 Å². The third-order valence-electron chi connectivity index (χ3n) is 2.71. The molecule has 0 saturated heterocycles. The summed E-state index contributed by atoms with van der Waals surface area (Å²) >= 11 is 3.39. The van der Waals surface area contributed by atoms with E-state index in [0.29, 0.717) is 18.8 Å². The molecule has 1 N–H and O–H groups in total. The fourth-order valence-electron chi connectivity index (χ4n) is 1.85. The molecule has 96 valence electrons. The number of hydrogen-bond donors (Lipinski definition) is 1. The Hall–Kier alpha value is -0.520. The summed E-state index contributed by atoms with van der Waals surface area (Å²) in [5.41, 5.74) is 1.19. The maximum atomic E-state index is 11.9. The molecule has 0 aliphatic heterocycles. The van der Waals surface area contributed by atoms with Crippen LogP contribution in [0, 0.1) is 0 Å². The van der Waals surface area contributed by atoms with Crippen molar-refractivity contribution in [3.05, 3.63) is 34.3 Å². The molecule has 0 aromatic heterocycles. The van der Waals surface area contributed by atoms with Gasteiger partial charge < -0.3 is 9.84 Å². The van der Waals surface area contributed by atoms with Crippen molar-refractivity contribution < 1.29 is 18.6 Å². The summed E-state index contributed by atoms with van der Waals surface area (Å²) < 4.78 is 29.2. The molecule has 17 heavy (non-hydrogen) atoms. The minimum atomic E-state index is -2.64. The molecule has 1 aromatic carbocycles. The molecule has 0 heterocycles. The van der Waals surface area contributed by atoms with Crippen LogP contribution in [0.5, 0.6) is 0 Å². The van der Waals surface area contributed by atoms with Gasteiger partial charge in [0, 0.05) is 11.6 Å². The summed E-state index contributed by atoms with van der Waals surface area (Å²) in [7, 11) is 1.00. The summed E-state index contributed by atoms with van der Waals surface area (Å²) in [6.07, 6.45) is 1.12. The lowest BCUT2D eigenvalue weighted by atomic mass is 9.77. The smallest absolute Gasteiger partial charge is 0.345 e. The lowest BCUT2D eigenvalue weighted by Crippen LogP contribution is -2.31. The van der Waals surface area contributed by atoms with Gasteiger partial charge in [0.1, 0.15) is 0 Å². The van der Waals surface area contributed by atoms with Crippen molar-refractivity contribution in [3.8, 4) is 0 Å². The lowest BCUT2D eigenvalue weighted by Gasteiger charge is -2.35. The van der Waals surface area contributed by atoms with Crippen LogP contribution < -0.4 is 0 Å². The molecule has 1 aromatic rings. The largest absolute Gasteiger partial charge is 0.400 e. The zero-order valence-electron chi connectivity index (χ0n) is 9.45. The van der Waals surface area contributed by atoms with Gasteiger partial charge in [0.2, 0.25) is 0 Å². The Bertz CT molecular complexity index is 341. The highest BCUT2D eigenvalue weighted by Gasteiger charge is 2.32. The first-order valence-corrected chi connectivity index (χ1v) is 6.08. The fraction of sp³-hybridized carbons (Fsp3) is 0.500. The number of alkyl halides is 2. The molecule has 0 amide bonds. The van der Waals surface area contributed by atoms with E-state index in [1.807, 2.05) is 24.3 Å². The molecular weight excluding hydrogens is 294 g/mol. The van der Waals surface area contributed by atoms with E-state index in [-0.39, 0.29) is 6.10 Å². The Balaban J connectivity index is 0.000000686. The number of aliphatic hydroxyl groups excluding tert-OH is 1. The van der Waals surface area contributed by atoms with E-state index >= 15 is 0 Å². The minimum absolute atomic E-state index is 0.269. The van der Waals surface area contributed by atoms with Gasteiger partial charge in [0.25, 0.3) is 0 Å². The predicted octanol–water partition coefficient (Wildman–Crippen LogP) is 3.54. The van der Waals surface area contributed by atoms with Crippen molar-refractivity contribution >= 4 is 15.9 Å². The van der Waals surface area contributed by atoms with Crippen LogP contribution in [-0.4, -0.2) is 24.9 Å². The molecule has 0 atom stereocenters. The van der Waals surface area contributed by atoms with E-state index in [1.54, 1.807) is 0 Å². The second-order valence-electron chi connectivity index (χ2n) is 3.74. The molecule has 5 heteroatoms. The van der Waals surface area contributed by atoms with Crippen molar-refractivity contribution in [1.82, 2.24) is 0 Å². The molecule has 0 unspecified atom stereocenters. The molecule has 1 aliphatic carbocycles. The Kier molecular flexibility index (Phi) is 6.02. The zero-order chi connectivity index (χ0) is 12.8. The molecule has 0 bridgehead atoms. The monoisotopic (exact) mass is 308 g/mol. The first-order chi connectivity index (χ1) is 8.15. The van der Waals surface area contributed by atoms with Gasteiger partial charge in [0.05, 0.1) is 6.10 Å². The minimum Gasteiger partial charge on any atom is -0.400 e. The van der Waals surface area contributed by atoms with E-state index < -0.39 is 6.61 Å². The summed E-state index contributed by atoms with van der Waals surface area (Å²) in [6, 6.07) is 7.97. The molecule has 1 fully saturated rings. The highest BCUT2D eigenvalue weighted by molar-refractivity contribution is 9.10. The highest BCUT2D eigenvalue weighted by Crippen LogP contribution is 2.39. The van der Waals surface area contributed by atoms with Crippen molar-refractivity contribution in [2.45, 2.75) is 31.5 Å². The van der Waals surface area contributed by atoms with Crippen LogP contribution >= 0.6 is 15.9 Å². The number of aliphatic hydroxyl groups is 1. The van der Waals surface area contributed by atoms with Gasteiger partial charge in [-0.05, 0) is 36.5 Å². The number of rotatable bonds is 3. The Labute approximate surface area is 108 Å². The quantitative estimate of drug-likeness (QED) is 0.925. The zero-order valence-corrected chi connectivity index (χ0v) is 11.0. The second kappa shape index (κ2) is 7.03. The molecule has 0 radical (unpaired) electrons. The van der Waals surface area contributed by atoms with Crippen LogP contribution in [0.2, 0.25) is 0 Å². The van der Waals surface area contributed by atoms with Crippen molar-refractivity contribution in [2.24, 2.45) is 0 Å². The number of ether oxygens (including phenoxy) is 1. The van der Waals surface area contributed by atoms with Gasteiger partial charge in [-0.15, -0.1) is 0 Å². The lowest BCUT2D eigenvalue weighted by molar-refractivity contribution is -0.184. The topological polar surface area (TPSA) is 29.5 Å². The first kappa shape index (κ1) is 14.5. The summed E-state index contributed by atoms with van der Waals surface area (Å²) in [6.45, 7) is -2.64. The maximum Gasteiger partial charge on any atom is 0.345 e. The predicted molar refractivity (Wildman–Crippen MR) is 65.1 cm³/mol. The Morgan fingerprint density at radius 1 is 1.35 bits per heavy atom. The van der Waals surface area contributed by atoms with Gasteiger partial charge >= 0.3 is 6.61 Å². The molecular formula is C12H15BrF2O2. The number of hydrogen-bond acceptors (Lipinski definition) is 2. The van der Waals surface area contributed by atoms with Gasteiger partial charge in [-0.25, -0.2) is 0 Å². The van der Waals surface area contributed by atoms with E-state index in [9.17, 15) is 8.78 Å². The molecule has 2 rings (SSSR count). The molecule has 0 spiro atoms. The SMILES string of the molecule is CO.FC(F)OC1CC(c2cccc(Br)c2)C1. The number of benzene rings is 1. The molecule has 1 saturated carbocycles. The summed E-state index contributed by atoms with van der Waals surface area (Å²) in [4.78, 5) is 0. The van der Waals surface area contributed by atoms with Crippen molar-refractivity contribution in [1.29, 1.82) is 0 Å². The molecule has 2 nitrogen and oxygen atoms in total. The third-order valence-corrected chi connectivity index (χ3v) is 3.20. The maximum absolute atomic E-state index is 11.9. The van der Waals surface area contributed by atoms with Crippen molar-refractivity contribution in [3.63, 3.8) is 0 Å². The van der Waals surface area contributed by atoms with Gasteiger partial charge in [-0.1, -0.05) is 28.1 Å². The average Bonchev–Trinajstić information content (AvgIpc) is 2.25. The normalized spacial score (nSPS) is 22.7. The van der Waals surface area contributed by atoms with Crippen LogP contribution in [0.3, 0.4) is 0 Å². The molecule has 1 aliphatic rings. The van der Waals surface area contributed by atoms with Crippen LogP contribution in [0.25, 0.3) is 0 Å². The van der Waals surface area contributed by atoms with Crippen LogP contribution in [0.1, 0.15) is 24.3 Å². The van der Waals surface area contributed by atoms with E-state index in [0.717, 1.165) is 11.6 Å². The number of halogens is 3. The van der Waals surface area contributed by atoms with Crippen LogP contribution in [-0.2, 0) is 4.74 Å². The van der Waals surface area contributed by atoms with Crippen LogP contribution in [0.4, 0.5) is 8.78 Å². The Morgan fingerprint density at radius 2 is 2.00 bits per heavy atom. The van der Waals surface area contributed by atoms with Crippen molar-refractivity contribution in [2.75, 3.05) is 7.11 Å². The second-order valence-corrected chi connectivity index (χ2v) is 4.66. The first-order valence-electron chi connectivity index (χ1n) is 5.29. The summed E-state index contributed by atoms with van der Waals surface area (Å²) in [5.74, 6) is 0.367. The Morgan fingerprint density at radius 3 is 2.53 bits per heavy atom. The fourth-order valence-corrected chi connectivity index (χ4v) is 2.27. The highest BCUT2D eigenvalue weighted by atomic mass is 79.9. The van der Waals surface area contributed by atoms with Gasteiger partial charge in [-0.2, -0.15) is 8.78 Å². The van der Waals surface area contributed by atoms with Gasteiger partial charge in [0.15, 0.2) is 0 Å². The average molecular weight is 309 g/mol.